The first kappa shape index (κ1) is 11.3. The Bertz CT molecular complexity index is 360. The van der Waals surface area contributed by atoms with Gasteiger partial charge >= 0.3 is 0 Å². The third-order valence-corrected chi connectivity index (χ3v) is 3.16. The highest BCUT2D eigenvalue weighted by atomic mass is 16.3. The van der Waals surface area contributed by atoms with Crippen LogP contribution >= 0.6 is 0 Å². The molecule has 0 aromatic carbocycles. The molecule has 0 bridgehead atoms. The van der Waals surface area contributed by atoms with Crippen LogP contribution in [-0.2, 0) is 11.2 Å². The minimum Gasteiger partial charge on any atom is -0.448 e. The van der Waals surface area contributed by atoms with Crippen LogP contribution in [0.4, 0.5) is 0 Å². The molecular formula is C12H18N2O2. The van der Waals surface area contributed by atoms with E-state index in [1.54, 1.807) is 6.26 Å². The first-order valence-corrected chi connectivity index (χ1v) is 5.82. The van der Waals surface area contributed by atoms with Crippen molar-refractivity contribution in [2.75, 3.05) is 13.1 Å². The monoisotopic (exact) mass is 222 g/mol. The third kappa shape index (κ3) is 2.32. The molecule has 1 aromatic heterocycles. The Hall–Kier alpha value is -1.16. The predicted octanol–water partition coefficient (Wildman–Crippen LogP) is 1.61. The smallest absolute Gasteiger partial charge is 0.198 e. The van der Waals surface area contributed by atoms with Crippen molar-refractivity contribution >= 4 is 6.29 Å². The van der Waals surface area contributed by atoms with Crippen LogP contribution in [0.2, 0.25) is 0 Å². The Kier molecular flexibility index (Phi) is 3.39. The molecule has 1 fully saturated rings. The SMILES string of the molecule is CC(C)N1CCC(c2nc(CC=O)co2)C1. The lowest BCUT2D eigenvalue weighted by molar-refractivity contribution is -0.107. The topological polar surface area (TPSA) is 46.3 Å². The standard InChI is InChI=1S/C12H18N2O2/c1-9(2)14-5-3-10(7-14)12-13-11(4-6-15)8-16-12/h6,8-10H,3-5,7H2,1-2H3. The lowest BCUT2D eigenvalue weighted by Gasteiger charge is -2.19. The van der Waals surface area contributed by atoms with Crippen molar-refractivity contribution in [2.24, 2.45) is 0 Å². The van der Waals surface area contributed by atoms with Gasteiger partial charge in [0.15, 0.2) is 5.89 Å². The van der Waals surface area contributed by atoms with Crippen molar-refractivity contribution in [3.8, 4) is 0 Å². The first-order chi connectivity index (χ1) is 7.70. The number of hydrogen-bond donors (Lipinski definition) is 0. The van der Waals surface area contributed by atoms with Crippen LogP contribution in [0, 0.1) is 0 Å². The summed E-state index contributed by atoms with van der Waals surface area (Å²) in [5.41, 5.74) is 0.744. The maximum Gasteiger partial charge on any atom is 0.198 e. The molecular weight excluding hydrogens is 204 g/mol. The van der Waals surface area contributed by atoms with E-state index in [0.717, 1.165) is 37.4 Å². The summed E-state index contributed by atoms with van der Waals surface area (Å²) in [5, 5.41) is 0. The summed E-state index contributed by atoms with van der Waals surface area (Å²) in [4.78, 5) is 17.1. The predicted molar refractivity (Wildman–Crippen MR) is 60.3 cm³/mol. The summed E-state index contributed by atoms with van der Waals surface area (Å²) in [5.74, 6) is 1.18. The van der Waals surface area contributed by atoms with Crippen molar-refractivity contribution in [3.05, 3.63) is 17.8 Å². The van der Waals surface area contributed by atoms with Gasteiger partial charge in [0, 0.05) is 24.9 Å². The Morgan fingerprint density at radius 2 is 2.50 bits per heavy atom. The fraction of sp³-hybridized carbons (Fsp3) is 0.667. The average Bonchev–Trinajstić information content (AvgIpc) is 2.84. The Morgan fingerprint density at radius 1 is 1.69 bits per heavy atom. The maximum atomic E-state index is 10.4. The molecule has 0 radical (unpaired) electrons. The number of carbonyl (C=O) groups is 1. The highest BCUT2D eigenvalue weighted by Gasteiger charge is 2.28. The van der Waals surface area contributed by atoms with Crippen LogP contribution in [0.3, 0.4) is 0 Å². The maximum absolute atomic E-state index is 10.4. The largest absolute Gasteiger partial charge is 0.448 e. The summed E-state index contributed by atoms with van der Waals surface area (Å²) in [6.07, 6.45) is 3.90. The molecule has 0 spiro atoms. The Morgan fingerprint density at radius 3 is 3.12 bits per heavy atom. The van der Waals surface area contributed by atoms with Gasteiger partial charge in [-0.15, -0.1) is 0 Å². The van der Waals surface area contributed by atoms with Gasteiger partial charge in [0.25, 0.3) is 0 Å². The number of carbonyl (C=O) groups excluding carboxylic acids is 1. The summed E-state index contributed by atoms with van der Waals surface area (Å²) < 4.78 is 5.43. The van der Waals surface area contributed by atoms with Gasteiger partial charge in [-0.25, -0.2) is 4.98 Å². The summed E-state index contributed by atoms with van der Waals surface area (Å²) >= 11 is 0. The highest BCUT2D eigenvalue weighted by Crippen LogP contribution is 2.27. The van der Waals surface area contributed by atoms with E-state index in [4.69, 9.17) is 4.42 Å². The molecule has 1 saturated heterocycles. The summed E-state index contributed by atoms with van der Waals surface area (Å²) in [7, 11) is 0. The van der Waals surface area contributed by atoms with Crippen LogP contribution < -0.4 is 0 Å². The zero-order valence-electron chi connectivity index (χ0n) is 9.85. The van der Waals surface area contributed by atoms with E-state index < -0.39 is 0 Å². The van der Waals surface area contributed by atoms with E-state index in [0.29, 0.717) is 18.4 Å². The second kappa shape index (κ2) is 4.78. The lowest BCUT2D eigenvalue weighted by Crippen LogP contribution is -2.27. The third-order valence-electron chi connectivity index (χ3n) is 3.16. The zero-order chi connectivity index (χ0) is 11.5. The van der Waals surface area contributed by atoms with E-state index in [2.05, 4.69) is 23.7 Å². The minimum absolute atomic E-state index is 0.351. The Balaban J connectivity index is 2.00. The molecule has 1 atom stereocenters. The van der Waals surface area contributed by atoms with Gasteiger partial charge in [0.1, 0.15) is 12.5 Å². The summed E-state index contributed by atoms with van der Waals surface area (Å²) in [6.45, 7) is 6.53. The molecule has 2 heterocycles. The minimum atomic E-state index is 0.351. The number of nitrogens with zero attached hydrogens (tertiary/aromatic N) is 2. The van der Waals surface area contributed by atoms with Crippen LogP contribution in [0.1, 0.15) is 37.8 Å². The number of hydrogen-bond acceptors (Lipinski definition) is 4. The van der Waals surface area contributed by atoms with Gasteiger partial charge in [0.2, 0.25) is 0 Å². The van der Waals surface area contributed by atoms with E-state index >= 15 is 0 Å². The fourth-order valence-corrected chi connectivity index (χ4v) is 2.15. The number of oxazole rings is 1. The molecule has 16 heavy (non-hydrogen) atoms. The molecule has 88 valence electrons. The van der Waals surface area contributed by atoms with Crippen molar-refractivity contribution in [1.29, 1.82) is 0 Å². The van der Waals surface area contributed by atoms with Gasteiger partial charge in [0.05, 0.1) is 5.69 Å². The van der Waals surface area contributed by atoms with Crippen LogP contribution in [0.15, 0.2) is 10.7 Å². The quantitative estimate of drug-likeness (QED) is 0.726. The number of rotatable bonds is 4. The normalized spacial score (nSPS) is 21.8. The number of aromatic nitrogens is 1. The second-order valence-corrected chi connectivity index (χ2v) is 4.62. The van der Waals surface area contributed by atoms with Crippen LogP contribution in [0.25, 0.3) is 0 Å². The molecule has 1 aliphatic rings. The molecule has 4 nitrogen and oxygen atoms in total. The molecule has 1 aliphatic heterocycles. The van der Waals surface area contributed by atoms with Crippen LogP contribution in [0.5, 0.6) is 0 Å². The van der Waals surface area contributed by atoms with E-state index in [1.165, 1.54) is 0 Å². The zero-order valence-corrected chi connectivity index (χ0v) is 9.85. The van der Waals surface area contributed by atoms with Gasteiger partial charge < -0.3 is 14.1 Å². The molecule has 4 heteroatoms. The van der Waals surface area contributed by atoms with Gasteiger partial charge in [-0.3, -0.25) is 0 Å². The van der Waals surface area contributed by atoms with Gasteiger partial charge in [-0.05, 0) is 26.8 Å². The van der Waals surface area contributed by atoms with E-state index in [1.807, 2.05) is 0 Å². The van der Waals surface area contributed by atoms with Crippen LogP contribution in [-0.4, -0.2) is 35.3 Å². The highest BCUT2D eigenvalue weighted by molar-refractivity contribution is 5.53. The molecule has 0 N–H and O–H groups in total. The average molecular weight is 222 g/mol. The number of likely N-dealkylation sites (tertiary alicyclic amines) is 1. The van der Waals surface area contributed by atoms with Crippen molar-refractivity contribution in [3.63, 3.8) is 0 Å². The van der Waals surface area contributed by atoms with E-state index in [-0.39, 0.29) is 0 Å². The van der Waals surface area contributed by atoms with Crippen molar-refractivity contribution in [2.45, 2.75) is 38.6 Å². The van der Waals surface area contributed by atoms with E-state index in [9.17, 15) is 4.79 Å². The molecule has 2 rings (SSSR count). The second-order valence-electron chi connectivity index (χ2n) is 4.62. The van der Waals surface area contributed by atoms with Crippen molar-refractivity contribution < 1.29 is 9.21 Å². The molecule has 1 aromatic rings. The molecule has 0 aliphatic carbocycles. The number of aldehydes is 1. The fourth-order valence-electron chi connectivity index (χ4n) is 2.15. The Labute approximate surface area is 95.6 Å². The molecule has 1 unspecified atom stereocenters. The first-order valence-electron chi connectivity index (χ1n) is 5.82. The molecule has 0 saturated carbocycles. The summed E-state index contributed by atoms with van der Waals surface area (Å²) in [6, 6.07) is 0.578. The van der Waals surface area contributed by atoms with Crippen molar-refractivity contribution in [1.82, 2.24) is 9.88 Å². The van der Waals surface area contributed by atoms with Gasteiger partial charge in [-0.1, -0.05) is 0 Å². The molecule has 0 amide bonds. The lowest BCUT2D eigenvalue weighted by atomic mass is 10.1. The van der Waals surface area contributed by atoms with Gasteiger partial charge in [-0.2, -0.15) is 0 Å².